The van der Waals surface area contributed by atoms with Gasteiger partial charge in [0.05, 0.1) is 21.0 Å². The molecular weight excluding hydrogens is 777 g/mol. The van der Waals surface area contributed by atoms with Gasteiger partial charge < -0.3 is 19.7 Å². The van der Waals surface area contributed by atoms with Gasteiger partial charge in [0, 0.05) is 34.5 Å². The monoisotopic (exact) mass is 807 g/mol. The molecule has 2 heterocycles. The molecule has 0 radical (unpaired) electrons. The Kier molecular flexibility index (Phi) is 13.6. The van der Waals surface area contributed by atoms with Crippen molar-refractivity contribution in [1.82, 2.24) is 14.8 Å². The van der Waals surface area contributed by atoms with Gasteiger partial charge in [-0.15, -0.1) is 10.2 Å². The topological polar surface area (TPSA) is 241 Å². The number of fused-ring (bicyclic) bond motifs is 1. The second-order valence-electron chi connectivity index (χ2n) is 13.5. The van der Waals surface area contributed by atoms with Crippen molar-refractivity contribution in [2.24, 2.45) is 10.2 Å². The van der Waals surface area contributed by atoms with Crippen molar-refractivity contribution >= 4 is 66.5 Å². The number of hydrogen-bond acceptors (Lipinski definition) is 14. The Bertz CT molecular complexity index is 2710. The zero-order valence-electron chi connectivity index (χ0n) is 31.5. The van der Waals surface area contributed by atoms with Crippen molar-refractivity contribution in [2.75, 3.05) is 10.6 Å². The summed E-state index contributed by atoms with van der Waals surface area (Å²) >= 11 is 0. The third kappa shape index (κ3) is 9.47. The molecule has 0 unspecified atom stereocenters. The van der Waals surface area contributed by atoms with E-state index in [1.165, 1.54) is 35.0 Å². The molecule has 5 aromatic rings. The first-order chi connectivity index (χ1) is 25.4. The van der Waals surface area contributed by atoms with E-state index in [1.54, 1.807) is 13.0 Å². The maximum atomic E-state index is 11.7. The Morgan fingerprint density at radius 3 is 1.89 bits per heavy atom. The number of aromatic nitrogens is 3. The fourth-order valence-corrected chi connectivity index (χ4v) is 6.76. The van der Waals surface area contributed by atoms with Gasteiger partial charge in [0.1, 0.15) is 43.6 Å². The molecule has 19 heteroatoms. The normalized spacial score (nSPS) is 12.5. The summed E-state index contributed by atoms with van der Waals surface area (Å²) in [5, 5.41) is 40.9. The summed E-state index contributed by atoms with van der Waals surface area (Å²) in [4.78, 5) is 3.91. The van der Waals surface area contributed by atoms with Gasteiger partial charge >= 0.3 is 59.1 Å². The number of nitrogens with zero attached hydrogens (tertiary/aromatic N) is 7. The van der Waals surface area contributed by atoms with Crippen LogP contribution >= 0.6 is 0 Å². The van der Waals surface area contributed by atoms with Crippen LogP contribution in [0.2, 0.25) is 0 Å². The molecule has 3 aromatic carbocycles. The van der Waals surface area contributed by atoms with Gasteiger partial charge in [0.25, 0.3) is 0 Å². The summed E-state index contributed by atoms with van der Waals surface area (Å²) in [7, 11) is -9.37. The first-order valence-electron chi connectivity index (χ1n) is 16.2. The van der Waals surface area contributed by atoms with Crippen molar-refractivity contribution in [3.63, 3.8) is 0 Å². The summed E-state index contributed by atoms with van der Waals surface area (Å²) in [6, 6.07) is 20.9. The van der Waals surface area contributed by atoms with Crippen LogP contribution in [0, 0.1) is 36.5 Å². The van der Waals surface area contributed by atoms with E-state index in [-0.39, 0.29) is 105 Å². The zero-order valence-corrected chi connectivity index (χ0v) is 37.2. The molecule has 0 saturated heterocycles. The minimum absolute atomic E-state index is 0. The van der Waals surface area contributed by atoms with Crippen LogP contribution in [0.5, 0.6) is 0 Å². The number of benzene rings is 3. The fraction of sp³-hybridized carbons (Fsp3) is 0.189. The van der Waals surface area contributed by atoms with Crippen molar-refractivity contribution < 1.29 is 85.1 Å². The van der Waals surface area contributed by atoms with E-state index in [4.69, 9.17) is 10.1 Å². The van der Waals surface area contributed by atoms with Gasteiger partial charge in [0.2, 0.25) is 0 Å². The molecule has 0 saturated carbocycles. The molecule has 6 rings (SSSR count). The molecule has 0 amide bonds. The number of nitriles is 2. The summed E-state index contributed by atoms with van der Waals surface area (Å²) in [6.45, 7) is 9.25. The van der Waals surface area contributed by atoms with Crippen LogP contribution in [0.4, 0.5) is 34.5 Å². The van der Waals surface area contributed by atoms with Gasteiger partial charge in [-0.05, 0) is 79.6 Å². The SMILES string of the molecule is Cc1ccc(Nc2nc(Nc3ccc(S(=O)(=O)[O-])cc3)c(C#N)c(C)c2N=Nc2c(C#N)c(C(C)(C)C)nn2C2=Cc3ccc(S(=O)(=O)[O-])cc3C2)cc1.[Na+].[Na+]. The van der Waals surface area contributed by atoms with Crippen molar-refractivity contribution in [2.45, 2.75) is 56.2 Å². The van der Waals surface area contributed by atoms with Gasteiger partial charge in [-0.25, -0.2) is 26.5 Å². The number of rotatable bonds is 9. The Hall–Kier alpha value is -4.24. The van der Waals surface area contributed by atoms with Crippen molar-refractivity contribution in [1.29, 1.82) is 10.5 Å². The summed E-state index contributed by atoms with van der Waals surface area (Å²) in [5.74, 6) is 0.361. The molecule has 2 aromatic heterocycles. The van der Waals surface area contributed by atoms with E-state index in [2.05, 4.69) is 33.0 Å². The Balaban J connectivity index is 0.00000348. The van der Waals surface area contributed by atoms with Crippen LogP contribution in [0.3, 0.4) is 0 Å². The fourth-order valence-electron chi connectivity index (χ4n) is 5.77. The number of azo groups is 1. The van der Waals surface area contributed by atoms with Gasteiger partial charge in [0.15, 0.2) is 17.5 Å². The Morgan fingerprint density at radius 1 is 0.786 bits per heavy atom. The van der Waals surface area contributed by atoms with Crippen LogP contribution < -0.4 is 69.7 Å². The first-order valence-corrected chi connectivity index (χ1v) is 19.1. The van der Waals surface area contributed by atoms with Crippen molar-refractivity contribution in [3.05, 3.63) is 106 Å². The predicted molar refractivity (Wildman–Crippen MR) is 198 cm³/mol. The first kappa shape index (κ1) is 44.5. The maximum absolute atomic E-state index is 11.7. The smallest absolute Gasteiger partial charge is 0.744 e. The third-order valence-electron chi connectivity index (χ3n) is 8.54. The van der Waals surface area contributed by atoms with E-state index in [9.17, 15) is 36.5 Å². The number of allylic oxidation sites excluding steroid dienone is 1. The number of aryl methyl sites for hydroxylation is 1. The largest absolute Gasteiger partial charge is 1.00 e. The van der Waals surface area contributed by atoms with Crippen LogP contribution in [-0.2, 0) is 32.1 Å². The van der Waals surface area contributed by atoms with Crippen LogP contribution in [0.15, 0.2) is 86.7 Å². The Morgan fingerprint density at radius 2 is 1.34 bits per heavy atom. The van der Waals surface area contributed by atoms with Gasteiger partial charge in [-0.2, -0.15) is 15.6 Å². The van der Waals surface area contributed by atoms with E-state index in [0.29, 0.717) is 39.5 Å². The van der Waals surface area contributed by atoms with Gasteiger partial charge in [-0.1, -0.05) is 44.5 Å². The molecule has 15 nitrogen and oxygen atoms in total. The molecule has 1 aliphatic carbocycles. The summed E-state index contributed by atoms with van der Waals surface area (Å²) in [6.07, 6.45) is 1.94. The number of hydrogen-bond donors (Lipinski definition) is 2. The average Bonchev–Trinajstić information content (AvgIpc) is 3.70. The molecule has 274 valence electrons. The Labute approximate surface area is 368 Å². The molecule has 1 aliphatic rings. The second kappa shape index (κ2) is 17.1. The molecule has 0 aliphatic heterocycles. The van der Waals surface area contributed by atoms with E-state index in [1.807, 2.05) is 52.0 Å². The standard InChI is InChI=1S/C37H33N9O6S2.2Na/c1-21-6-9-25(10-7-21)41-35-32(22(2)30(19-38)34(42-35)40-26-11-14-28(15-12-26)53(47,48)49)43-44-36-31(20-39)33(37(3,4)5)45-46(36)27-16-23-8-13-29(54(50,51)52)18-24(23)17-27;;/h6-16,18H,17H2,1-5H3,(H2,40,41,42)(H,47,48,49)(H,50,51,52);;/q;2*+1/p-2. The minimum atomic E-state index is -4.69. The average molecular weight is 808 g/mol. The van der Waals surface area contributed by atoms with E-state index < -0.39 is 30.5 Å². The molecule has 0 fully saturated rings. The van der Waals surface area contributed by atoms with Gasteiger partial charge in [-0.3, -0.25) is 0 Å². The molecule has 0 atom stereocenters. The molecule has 2 N–H and O–H groups in total. The quantitative estimate of drug-likeness (QED) is 0.121. The molecule has 0 spiro atoms. The number of pyridine rings is 1. The third-order valence-corrected chi connectivity index (χ3v) is 10.2. The summed E-state index contributed by atoms with van der Waals surface area (Å²) in [5.41, 5.74) is 4.36. The van der Waals surface area contributed by atoms with Crippen LogP contribution in [0.25, 0.3) is 11.8 Å². The van der Waals surface area contributed by atoms with E-state index in [0.717, 1.165) is 17.7 Å². The molecular formula is C37H31N9Na2O6S2. The maximum Gasteiger partial charge on any atom is 1.00 e. The predicted octanol–water partition coefficient (Wildman–Crippen LogP) is 1.21. The van der Waals surface area contributed by atoms with Crippen LogP contribution in [0.1, 0.15) is 59.8 Å². The zero-order chi connectivity index (χ0) is 39.2. The second-order valence-corrected chi connectivity index (χ2v) is 16.3. The number of nitrogens with one attached hydrogen (secondary N) is 2. The summed E-state index contributed by atoms with van der Waals surface area (Å²) < 4.78 is 71.0. The van der Waals surface area contributed by atoms with Crippen LogP contribution in [-0.4, -0.2) is 40.7 Å². The minimum Gasteiger partial charge on any atom is -0.744 e. The number of anilines is 4. The van der Waals surface area contributed by atoms with E-state index >= 15 is 0 Å². The van der Waals surface area contributed by atoms with Crippen molar-refractivity contribution in [3.8, 4) is 12.1 Å². The molecule has 56 heavy (non-hydrogen) atoms. The molecule has 0 bridgehead atoms.